The molecule has 0 spiro atoms. The Balaban J connectivity index is 2.88. The first-order chi connectivity index (χ1) is 12.8. The molecule has 0 aliphatic carbocycles. The number of hydrogen-bond donors (Lipinski definition) is 1. The second-order valence-electron chi connectivity index (χ2n) is 5.49. The molecule has 0 saturated heterocycles. The number of thioether (sulfide) groups is 1. The fraction of sp³-hybridized carbons (Fsp3) is 0.375. The highest BCUT2D eigenvalue weighted by Gasteiger charge is 2.49. The van der Waals surface area contributed by atoms with Crippen LogP contribution in [0.5, 0.6) is 11.5 Å². The summed E-state index contributed by atoms with van der Waals surface area (Å²) in [6.07, 6.45) is 1.68. The number of hydrogen-bond acceptors (Lipinski definition) is 9. The van der Waals surface area contributed by atoms with Gasteiger partial charge in [-0.2, -0.15) is 0 Å². The van der Waals surface area contributed by atoms with Crippen LogP contribution in [-0.4, -0.2) is 49.3 Å². The van der Waals surface area contributed by atoms with Crippen molar-refractivity contribution >= 4 is 11.8 Å². The molecule has 0 fully saturated rings. The van der Waals surface area contributed by atoms with E-state index < -0.39 is 15.8 Å². The van der Waals surface area contributed by atoms with Gasteiger partial charge in [0.2, 0.25) is 0 Å². The summed E-state index contributed by atoms with van der Waals surface area (Å²) >= 11 is 1.14. The highest BCUT2D eigenvalue weighted by Crippen LogP contribution is 2.46. The minimum absolute atomic E-state index is 0.179. The molecule has 1 N–H and O–H groups in total. The Morgan fingerprint density at radius 2 is 1.78 bits per heavy atom. The molecule has 0 radical (unpaired) electrons. The monoisotopic (exact) mass is 396 g/mol. The van der Waals surface area contributed by atoms with Gasteiger partial charge in [0.15, 0.2) is 16.8 Å². The third-order valence-electron chi connectivity index (χ3n) is 4.22. The molecule has 2 rings (SSSR count). The van der Waals surface area contributed by atoms with E-state index in [1.807, 2.05) is 0 Å². The summed E-state index contributed by atoms with van der Waals surface area (Å²) in [6, 6.07) is 4.68. The fourth-order valence-electron chi connectivity index (χ4n) is 3.10. The minimum atomic E-state index is -1.23. The summed E-state index contributed by atoms with van der Waals surface area (Å²) < 4.78 is 10.5. The van der Waals surface area contributed by atoms with Crippen LogP contribution in [0.4, 0.5) is 0 Å². The average Bonchev–Trinajstić information content (AvgIpc) is 2.65. The minimum Gasteiger partial charge on any atom is -0.497 e. The van der Waals surface area contributed by atoms with Crippen LogP contribution >= 0.6 is 11.8 Å². The van der Waals surface area contributed by atoms with Gasteiger partial charge in [-0.05, 0) is 12.3 Å². The summed E-state index contributed by atoms with van der Waals surface area (Å²) in [7, 11) is 5.95. The standard InChI is InChI=1S/C16H20N4O6S/c1-17-15-13(19(21)22)12(14(20(23)24)16(27-5)18(15)2)10-7-6-9(25-3)8-11(10)26-4/h6-8,12,17H,1-5H3/t12-/m0/s1. The third kappa shape index (κ3) is 3.50. The number of nitro groups is 2. The van der Waals surface area contributed by atoms with Gasteiger partial charge in [-0.25, -0.2) is 0 Å². The van der Waals surface area contributed by atoms with E-state index in [-0.39, 0.29) is 23.0 Å². The first-order valence-electron chi connectivity index (χ1n) is 7.76. The highest BCUT2D eigenvalue weighted by molar-refractivity contribution is 8.02. The van der Waals surface area contributed by atoms with E-state index >= 15 is 0 Å². The van der Waals surface area contributed by atoms with E-state index in [0.29, 0.717) is 16.3 Å². The van der Waals surface area contributed by atoms with Crippen LogP contribution in [0, 0.1) is 20.2 Å². The van der Waals surface area contributed by atoms with Crippen LogP contribution in [0.3, 0.4) is 0 Å². The van der Waals surface area contributed by atoms with Gasteiger partial charge in [0.1, 0.15) is 11.5 Å². The lowest BCUT2D eigenvalue weighted by Crippen LogP contribution is -2.37. The molecule has 10 nitrogen and oxygen atoms in total. The van der Waals surface area contributed by atoms with Crippen LogP contribution in [0.1, 0.15) is 11.5 Å². The maximum absolute atomic E-state index is 11.9. The van der Waals surface area contributed by atoms with E-state index in [1.54, 1.807) is 31.5 Å². The van der Waals surface area contributed by atoms with E-state index in [1.165, 1.54) is 26.2 Å². The maximum Gasteiger partial charge on any atom is 0.304 e. The van der Waals surface area contributed by atoms with Crippen molar-refractivity contribution in [1.82, 2.24) is 10.2 Å². The van der Waals surface area contributed by atoms with Crippen molar-refractivity contribution in [3.63, 3.8) is 0 Å². The summed E-state index contributed by atoms with van der Waals surface area (Å²) in [5, 5.41) is 26.9. The molecule has 146 valence electrons. The Kier molecular flexibility index (Phi) is 6.16. The second kappa shape index (κ2) is 8.16. The molecule has 0 aromatic heterocycles. The van der Waals surface area contributed by atoms with Crippen molar-refractivity contribution in [1.29, 1.82) is 0 Å². The van der Waals surface area contributed by atoms with Crippen LogP contribution in [-0.2, 0) is 0 Å². The number of methoxy groups -OCH3 is 2. The van der Waals surface area contributed by atoms with Crippen LogP contribution in [0.2, 0.25) is 0 Å². The largest absolute Gasteiger partial charge is 0.497 e. The van der Waals surface area contributed by atoms with E-state index in [0.717, 1.165) is 11.8 Å². The Morgan fingerprint density at radius 1 is 1.15 bits per heavy atom. The first-order valence-corrected chi connectivity index (χ1v) is 8.99. The van der Waals surface area contributed by atoms with Crippen molar-refractivity contribution in [3.05, 3.63) is 66.2 Å². The van der Waals surface area contributed by atoms with Crippen molar-refractivity contribution < 1.29 is 19.3 Å². The second-order valence-corrected chi connectivity index (χ2v) is 6.29. The van der Waals surface area contributed by atoms with E-state index in [4.69, 9.17) is 9.47 Å². The van der Waals surface area contributed by atoms with Gasteiger partial charge in [0.05, 0.1) is 24.1 Å². The zero-order chi connectivity index (χ0) is 20.3. The summed E-state index contributed by atoms with van der Waals surface area (Å²) in [5.41, 5.74) is -0.295. The zero-order valence-corrected chi connectivity index (χ0v) is 16.3. The van der Waals surface area contributed by atoms with Crippen molar-refractivity contribution in [2.45, 2.75) is 5.92 Å². The lowest BCUT2D eigenvalue weighted by molar-refractivity contribution is -0.458. The molecule has 1 atom stereocenters. The molecular weight excluding hydrogens is 376 g/mol. The SMILES string of the molecule is CNC1=C([N+](=O)[O-])[C@H](c2ccc(OC)cc2OC)C([N+](=O)[O-])=C(SC)N1C. The molecule has 1 heterocycles. The van der Waals surface area contributed by atoms with Crippen LogP contribution < -0.4 is 14.8 Å². The predicted octanol–water partition coefficient (Wildman–Crippen LogP) is 2.21. The third-order valence-corrected chi connectivity index (χ3v) is 5.09. The highest BCUT2D eigenvalue weighted by atomic mass is 32.2. The number of ether oxygens (including phenoxy) is 2. The topological polar surface area (TPSA) is 120 Å². The lowest BCUT2D eigenvalue weighted by atomic mass is 9.89. The predicted molar refractivity (Wildman–Crippen MR) is 101 cm³/mol. The Hall–Kier alpha value is -2.95. The summed E-state index contributed by atoms with van der Waals surface area (Å²) in [4.78, 5) is 24.1. The van der Waals surface area contributed by atoms with Crippen molar-refractivity contribution in [2.24, 2.45) is 0 Å². The van der Waals surface area contributed by atoms with Gasteiger partial charge >= 0.3 is 5.70 Å². The quantitative estimate of drug-likeness (QED) is 0.546. The molecule has 0 unspecified atom stereocenters. The molecule has 0 saturated carbocycles. The fourth-order valence-corrected chi connectivity index (χ4v) is 3.87. The van der Waals surface area contributed by atoms with Gasteiger partial charge in [-0.3, -0.25) is 20.2 Å². The van der Waals surface area contributed by atoms with Gasteiger partial charge in [0, 0.05) is 25.7 Å². The van der Waals surface area contributed by atoms with E-state index in [2.05, 4.69) is 5.32 Å². The smallest absolute Gasteiger partial charge is 0.304 e. The summed E-state index contributed by atoms with van der Waals surface area (Å²) in [6.45, 7) is 0. The molecule has 11 heteroatoms. The van der Waals surface area contributed by atoms with Gasteiger partial charge < -0.3 is 19.7 Å². The summed E-state index contributed by atoms with van der Waals surface area (Å²) in [5.74, 6) is -0.311. The van der Waals surface area contributed by atoms with Gasteiger partial charge in [0.25, 0.3) is 5.70 Å². The maximum atomic E-state index is 11.9. The first kappa shape index (κ1) is 20.4. The number of nitrogens with one attached hydrogen (secondary N) is 1. The number of rotatable bonds is 7. The van der Waals surface area contributed by atoms with Crippen molar-refractivity contribution in [2.75, 3.05) is 34.6 Å². The molecule has 0 amide bonds. The Bertz CT molecular complexity index is 798. The van der Waals surface area contributed by atoms with Gasteiger partial charge in [-0.1, -0.05) is 6.07 Å². The lowest BCUT2D eigenvalue weighted by Gasteiger charge is -2.30. The van der Waals surface area contributed by atoms with Gasteiger partial charge in [-0.15, -0.1) is 11.8 Å². The van der Waals surface area contributed by atoms with Crippen LogP contribution in [0.15, 0.2) is 40.4 Å². The Morgan fingerprint density at radius 3 is 2.22 bits per heavy atom. The molecular formula is C16H20N4O6S. The average molecular weight is 396 g/mol. The molecule has 1 aliphatic heterocycles. The van der Waals surface area contributed by atoms with Crippen LogP contribution in [0.25, 0.3) is 0 Å². The Labute approximate surface area is 160 Å². The molecule has 1 aromatic rings. The normalized spacial score (nSPS) is 17.1. The molecule has 1 aliphatic rings. The molecule has 0 bridgehead atoms. The number of benzene rings is 1. The van der Waals surface area contributed by atoms with E-state index in [9.17, 15) is 20.2 Å². The number of nitrogens with zero attached hydrogens (tertiary/aromatic N) is 3. The zero-order valence-electron chi connectivity index (χ0n) is 15.5. The van der Waals surface area contributed by atoms with Crippen molar-refractivity contribution in [3.8, 4) is 11.5 Å². The molecule has 1 aromatic carbocycles. The molecule has 27 heavy (non-hydrogen) atoms.